The zero-order chi connectivity index (χ0) is 10.8. The summed E-state index contributed by atoms with van der Waals surface area (Å²) in [5.41, 5.74) is -0.0450. The van der Waals surface area contributed by atoms with Crippen molar-refractivity contribution in [3.63, 3.8) is 0 Å². The molecule has 1 aliphatic rings. The number of thiol groups is 1. The van der Waals surface area contributed by atoms with Crippen LogP contribution in [0.4, 0.5) is 0 Å². The van der Waals surface area contributed by atoms with Crippen LogP contribution in [0.2, 0.25) is 0 Å². The van der Waals surface area contributed by atoms with Gasteiger partial charge < -0.3 is 9.64 Å². The second-order valence-electron chi connectivity index (χ2n) is 4.16. The summed E-state index contributed by atoms with van der Waals surface area (Å²) >= 11 is 4.15. The van der Waals surface area contributed by atoms with Gasteiger partial charge in [-0.1, -0.05) is 0 Å². The Morgan fingerprint density at radius 1 is 1.50 bits per heavy atom. The molecular weight excluding hydrogens is 198 g/mol. The molecule has 0 aliphatic carbocycles. The van der Waals surface area contributed by atoms with Gasteiger partial charge in [-0.2, -0.15) is 12.6 Å². The molecule has 82 valence electrons. The van der Waals surface area contributed by atoms with Crippen molar-refractivity contribution in [2.75, 3.05) is 20.2 Å². The zero-order valence-electron chi connectivity index (χ0n) is 9.12. The molecule has 1 unspecified atom stereocenters. The van der Waals surface area contributed by atoms with Crippen LogP contribution < -0.4 is 0 Å². The van der Waals surface area contributed by atoms with Crippen LogP contribution in [0.3, 0.4) is 0 Å². The first-order chi connectivity index (χ1) is 6.48. The highest BCUT2D eigenvalue weighted by molar-refractivity contribution is 7.81. The lowest BCUT2D eigenvalue weighted by Crippen LogP contribution is -2.47. The van der Waals surface area contributed by atoms with E-state index in [9.17, 15) is 4.79 Å². The van der Waals surface area contributed by atoms with Gasteiger partial charge in [0.25, 0.3) is 0 Å². The van der Waals surface area contributed by atoms with Crippen molar-refractivity contribution in [3.8, 4) is 0 Å². The molecule has 0 saturated carbocycles. The van der Waals surface area contributed by atoms with Crippen LogP contribution in [-0.2, 0) is 9.53 Å². The number of hydrogen-bond donors (Lipinski definition) is 1. The Balaban J connectivity index is 2.47. The van der Waals surface area contributed by atoms with Crippen molar-refractivity contribution in [1.82, 2.24) is 4.90 Å². The maximum atomic E-state index is 11.6. The van der Waals surface area contributed by atoms with Crippen LogP contribution in [-0.4, -0.2) is 41.9 Å². The van der Waals surface area contributed by atoms with Crippen LogP contribution in [0.25, 0.3) is 0 Å². The average molecular weight is 217 g/mol. The molecule has 1 amide bonds. The number of methoxy groups -OCH3 is 1. The van der Waals surface area contributed by atoms with Gasteiger partial charge in [0.05, 0.1) is 10.9 Å². The zero-order valence-corrected chi connectivity index (χ0v) is 10.0. The lowest BCUT2D eigenvalue weighted by Gasteiger charge is -2.38. The summed E-state index contributed by atoms with van der Waals surface area (Å²) in [5, 5.41) is -0.193. The molecule has 0 aromatic heterocycles. The second-order valence-corrected chi connectivity index (χ2v) is 4.93. The largest absolute Gasteiger partial charge is 0.378 e. The summed E-state index contributed by atoms with van der Waals surface area (Å²) in [4.78, 5) is 13.5. The molecule has 1 fully saturated rings. The fourth-order valence-corrected chi connectivity index (χ4v) is 1.83. The van der Waals surface area contributed by atoms with Gasteiger partial charge in [-0.15, -0.1) is 0 Å². The molecule has 4 heteroatoms. The number of amides is 1. The van der Waals surface area contributed by atoms with Crippen LogP contribution in [0.15, 0.2) is 0 Å². The molecule has 14 heavy (non-hydrogen) atoms. The van der Waals surface area contributed by atoms with Crippen molar-refractivity contribution in [2.45, 2.75) is 37.5 Å². The number of piperidine rings is 1. The summed E-state index contributed by atoms with van der Waals surface area (Å²) in [6, 6.07) is 0. The van der Waals surface area contributed by atoms with E-state index in [4.69, 9.17) is 4.74 Å². The first-order valence-electron chi connectivity index (χ1n) is 5.00. The summed E-state index contributed by atoms with van der Waals surface area (Å²) < 4.78 is 5.41. The number of rotatable bonds is 2. The Morgan fingerprint density at radius 2 is 2.00 bits per heavy atom. The van der Waals surface area contributed by atoms with E-state index in [1.165, 1.54) is 0 Å². The number of likely N-dealkylation sites (tertiary alicyclic amines) is 1. The quantitative estimate of drug-likeness (QED) is 0.707. The van der Waals surface area contributed by atoms with E-state index < -0.39 is 0 Å². The molecule has 0 spiro atoms. The summed E-state index contributed by atoms with van der Waals surface area (Å²) in [6.45, 7) is 5.48. The molecule has 1 aliphatic heterocycles. The van der Waals surface area contributed by atoms with Gasteiger partial charge >= 0.3 is 0 Å². The number of ether oxygens (including phenoxy) is 1. The molecule has 0 aromatic carbocycles. The highest BCUT2D eigenvalue weighted by Crippen LogP contribution is 2.25. The number of carbonyl (C=O) groups is 1. The third-order valence-electron chi connectivity index (χ3n) is 2.98. The highest BCUT2D eigenvalue weighted by atomic mass is 32.1. The van der Waals surface area contributed by atoms with Gasteiger partial charge in [0.1, 0.15) is 0 Å². The average Bonchev–Trinajstić information content (AvgIpc) is 2.18. The molecule has 1 saturated heterocycles. The van der Waals surface area contributed by atoms with Gasteiger partial charge in [-0.05, 0) is 26.7 Å². The van der Waals surface area contributed by atoms with Crippen LogP contribution in [0, 0.1) is 0 Å². The normalized spacial score (nSPS) is 23.3. The van der Waals surface area contributed by atoms with Crippen molar-refractivity contribution >= 4 is 18.5 Å². The van der Waals surface area contributed by atoms with E-state index in [0.717, 1.165) is 25.9 Å². The molecule has 3 nitrogen and oxygen atoms in total. The molecule has 0 radical (unpaired) electrons. The number of hydrogen-bond acceptors (Lipinski definition) is 3. The minimum Gasteiger partial charge on any atom is -0.378 e. The summed E-state index contributed by atoms with van der Waals surface area (Å²) in [5.74, 6) is 0.131. The molecule has 0 aromatic rings. The van der Waals surface area contributed by atoms with Crippen LogP contribution >= 0.6 is 12.6 Å². The standard InChI is InChI=1S/C10H19NO2S/c1-8(14)9(12)11-6-4-10(2,13-3)5-7-11/h8,14H,4-7H2,1-3H3. The maximum Gasteiger partial charge on any atom is 0.235 e. The van der Waals surface area contributed by atoms with Gasteiger partial charge in [-0.25, -0.2) is 0 Å². The van der Waals surface area contributed by atoms with Gasteiger partial charge in [0.15, 0.2) is 0 Å². The van der Waals surface area contributed by atoms with E-state index in [1.807, 2.05) is 11.8 Å². The lowest BCUT2D eigenvalue weighted by molar-refractivity contribution is -0.135. The lowest BCUT2D eigenvalue weighted by atomic mass is 9.93. The number of nitrogens with zero attached hydrogens (tertiary/aromatic N) is 1. The van der Waals surface area contributed by atoms with E-state index in [0.29, 0.717) is 0 Å². The Labute approximate surface area is 91.2 Å². The predicted octanol–water partition coefficient (Wildman–Crippen LogP) is 1.33. The second kappa shape index (κ2) is 4.53. The topological polar surface area (TPSA) is 29.5 Å². The SMILES string of the molecule is COC1(C)CCN(C(=O)C(C)S)CC1. The minimum absolute atomic E-state index is 0.0450. The molecular formula is C10H19NO2S. The van der Waals surface area contributed by atoms with Crippen molar-refractivity contribution in [1.29, 1.82) is 0 Å². The Morgan fingerprint density at radius 3 is 2.36 bits per heavy atom. The molecule has 0 N–H and O–H groups in total. The number of carbonyl (C=O) groups excluding carboxylic acids is 1. The van der Waals surface area contributed by atoms with Crippen LogP contribution in [0.1, 0.15) is 26.7 Å². The fraction of sp³-hybridized carbons (Fsp3) is 0.900. The molecule has 1 atom stereocenters. The van der Waals surface area contributed by atoms with E-state index >= 15 is 0 Å². The highest BCUT2D eigenvalue weighted by Gasteiger charge is 2.32. The Bertz CT molecular complexity index is 210. The monoisotopic (exact) mass is 217 g/mol. The Kier molecular flexibility index (Phi) is 3.84. The van der Waals surface area contributed by atoms with Crippen molar-refractivity contribution < 1.29 is 9.53 Å². The molecule has 0 bridgehead atoms. The van der Waals surface area contributed by atoms with E-state index in [-0.39, 0.29) is 16.8 Å². The summed E-state index contributed by atoms with van der Waals surface area (Å²) in [7, 11) is 1.73. The fourth-order valence-electron chi connectivity index (χ4n) is 1.67. The van der Waals surface area contributed by atoms with Crippen molar-refractivity contribution in [3.05, 3.63) is 0 Å². The molecule has 1 heterocycles. The van der Waals surface area contributed by atoms with E-state index in [2.05, 4.69) is 19.6 Å². The third-order valence-corrected chi connectivity index (χ3v) is 3.20. The van der Waals surface area contributed by atoms with Gasteiger partial charge in [0, 0.05) is 20.2 Å². The van der Waals surface area contributed by atoms with E-state index in [1.54, 1.807) is 7.11 Å². The van der Waals surface area contributed by atoms with Crippen LogP contribution in [0.5, 0.6) is 0 Å². The minimum atomic E-state index is -0.193. The van der Waals surface area contributed by atoms with Gasteiger partial charge in [-0.3, -0.25) is 4.79 Å². The predicted molar refractivity (Wildman–Crippen MR) is 59.7 cm³/mol. The smallest absolute Gasteiger partial charge is 0.235 e. The van der Waals surface area contributed by atoms with Gasteiger partial charge in [0.2, 0.25) is 5.91 Å². The Hall–Kier alpha value is -0.220. The molecule has 1 rings (SSSR count). The first-order valence-corrected chi connectivity index (χ1v) is 5.52. The summed E-state index contributed by atoms with van der Waals surface area (Å²) in [6.07, 6.45) is 1.82. The first kappa shape index (κ1) is 11.9. The van der Waals surface area contributed by atoms with Crippen molar-refractivity contribution in [2.24, 2.45) is 0 Å². The maximum absolute atomic E-state index is 11.6. The third kappa shape index (κ3) is 2.64.